The largest absolute Gasteiger partial charge is 0.473 e. The molecule has 0 N–H and O–H groups in total. The van der Waals surface area contributed by atoms with Crippen molar-refractivity contribution in [3.05, 3.63) is 80.5 Å². The molecule has 0 saturated carbocycles. The van der Waals surface area contributed by atoms with Gasteiger partial charge in [0.05, 0.1) is 17.1 Å². The van der Waals surface area contributed by atoms with Crippen molar-refractivity contribution < 1.29 is 4.74 Å². The van der Waals surface area contributed by atoms with Gasteiger partial charge in [-0.05, 0) is 61.0 Å². The molecule has 0 atom stereocenters. The van der Waals surface area contributed by atoms with Gasteiger partial charge in [-0.15, -0.1) is 0 Å². The van der Waals surface area contributed by atoms with Gasteiger partial charge in [-0.25, -0.2) is 14.8 Å². The van der Waals surface area contributed by atoms with Crippen molar-refractivity contribution in [2.45, 2.75) is 27.4 Å². The first-order chi connectivity index (χ1) is 14.8. The highest BCUT2D eigenvalue weighted by Gasteiger charge is 2.15. The van der Waals surface area contributed by atoms with Crippen LogP contribution in [0.4, 0.5) is 0 Å². The van der Waals surface area contributed by atoms with Crippen molar-refractivity contribution in [2.24, 2.45) is 7.05 Å². The van der Waals surface area contributed by atoms with E-state index >= 15 is 0 Å². The molecule has 0 amide bonds. The summed E-state index contributed by atoms with van der Waals surface area (Å²) in [6.07, 6.45) is 0. The van der Waals surface area contributed by atoms with Crippen LogP contribution in [-0.2, 0) is 13.7 Å². The van der Waals surface area contributed by atoms with E-state index < -0.39 is 0 Å². The van der Waals surface area contributed by atoms with E-state index in [1.165, 1.54) is 9.36 Å². The summed E-state index contributed by atoms with van der Waals surface area (Å²) in [5, 5.41) is 8.19. The summed E-state index contributed by atoms with van der Waals surface area (Å²) in [4.78, 5) is 21.3. The van der Waals surface area contributed by atoms with Crippen molar-refractivity contribution in [3.8, 4) is 22.8 Å². The second-order valence-electron chi connectivity index (χ2n) is 7.25. The number of pyridine rings is 2. The molecule has 0 aliphatic carbocycles. The number of tetrazole rings is 1. The molecule has 0 aliphatic heterocycles. The Balaban J connectivity index is 1.66. The Kier molecular flexibility index (Phi) is 5.56. The van der Waals surface area contributed by atoms with Gasteiger partial charge in [0.2, 0.25) is 5.88 Å². The minimum atomic E-state index is -0.324. The minimum absolute atomic E-state index is 0.229. The summed E-state index contributed by atoms with van der Waals surface area (Å²) in [7, 11) is 1.56. The molecule has 9 heteroatoms. The Hall–Kier alpha value is -3.52. The van der Waals surface area contributed by atoms with Crippen LogP contribution in [-0.4, -0.2) is 29.8 Å². The van der Waals surface area contributed by atoms with E-state index in [0.717, 1.165) is 33.6 Å². The summed E-state index contributed by atoms with van der Waals surface area (Å²) < 4.78 is 8.53. The third kappa shape index (κ3) is 4.06. The Bertz CT molecular complexity index is 1330. The first kappa shape index (κ1) is 20.7. The van der Waals surface area contributed by atoms with Gasteiger partial charge < -0.3 is 4.74 Å². The van der Waals surface area contributed by atoms with Crippen molar-refractivity contribution >= 4 is 11.6 Å². The number of aromatic nitrogens is 6. The van der Waals surface area contributed by atoms with E-state index in [1.54, 1.807) is 13.1 Å². The minimum Gasteiger partial charge on any atom is -0.473 e. The fourth-order valence-electron chi connectivity index (χ4n) is 3.33. The molecule has 0 unspecified atom stereocenters. The second-order valence-corrected chi connectivity index (χ2v) is 7.63. The first-order valence-corrected chi connectivity index (χ1v) is 10.0. The predicted molar refractivity (Wildman–Crippen MR) is 118 cm³/mol. The van der Waals surface area contributed by atoms with Crippen LogP contribution in [0.2, 0.25) is 5.15 Å². The predicted octanol–water partition coefficient (Wildman–Crippen LogP) is 3.58. The number of rotatable bonds is 5. The fourth-order valence-corrected chi connectivity index (χ4v) is 3.49. The van der Waals surface area contributed by atoms with E-state index in [-0.39, 0.29) is 12.3 Å². The highest BCUT2D eigenvalue weighted by Crippen LogP contribution is 2.28. The summed E-state index contributed by atoms with van der Waals surface area (Å²) >= 11 is 6.04. The fraction of sp³-hybridized carbons (Fsp3) is 0.227. The monoisotopic (exact) mass is 436 g/mol. The molecule has 0 fully saturated rings. The van der Waals surface area contributed by atoms with Crippen molar-refractivity contribution in [1.82, 2.24) is 29.8 Å². The Morgan fingerprint density at radius 3 is 2.48 bits per heavy atom. The second kappa shape index (κ2) is 8.31. The van der Waals surface area contributed by atoms with Gasteiger partial charge >= 0.3 is 5.69 Å². The van der Waals surface area contributed by atoms with Crippen LogP contribution in [0.25, 0.3) is 16.9 Å². The number of halogens is 1. The van der Waals surface area contributed by atoms with Crippen LogP contribution >= 0.6 is 11.6 Å². The number of benzene rings is 1. The molecule has 3 heterocycles. The van der Waals surface area contributed by atoms with Crippen LogP contribution in [0, 0.1) is 20.8 Å². The van der Waals surface area contributed by atoms with Gasteiger partial charge in [-0.1, -0.05) is 29.8 Å². The SMILES string of the molecule is Cc1cc(-c2cccc(Cl)n2)c(C)nc1OCc1c(C)cccc1-n1nnn(C)c1=O. The maximum Gasteiger partial charge on any atom is 0.368 e. The van der Waals surface area contributed by atoms with E-state index in [4.69, 9.17) is 16.3 Å². The van der Waals surface area contributed by atoms with Crippen molar-refractivity contribution in [3.63, 3.8) is 0 Å². The maximum atomic E-state index is 12.3. The van der Waals surface area contributed by atoms with Crippen LogP contribution in [0.1, 0.15) is 22.4 Å². The Morgan fingerprint density at radius 1 is 1.00 bits per heavy atom. The van der Waals surface area contributed by atoms with E-state index in [9.17, 15) is 4.79 Å². The molecular formula is C22H21ClN6O2. The maximum absolute atomic E-state index is 12.3. The van der Waals surface area contributed by atoms with E-state index in [2.05, 4.69) is 20.4 Å². The van der Waals surface area contributed by atoms with E-state index in [1.807, 2.05) is 57.2 Å². The molecule has 0 bridgehead atoms. The molecule has 4 aromatic rings. The summed E-state index contributed by atoms with van der Waals surface area (Å²) in [6, 6.07) is 13.1. The lowest BCUT2D eigenvalue weighted by Gasteiger charge is -2.15. The molecule has 0 spiro atoms. The molecule has 1 aromatic carbocycles. The lowest BCUT2D eigenvalue weighted by molar-refractivity contribution is 0.290. The van der Waals surface area contributed by atoms with Gasteiger partial charge in [-0.3, -0.25) is 0 Å². The van der Waals surface area contributed by atoms with Gasteiger partial charge in [0.1, 0.15) is 11.8 Å². The van der Waals surface area contributed by atoms with Crippen LogP contribution in [0.3, 0.4) is 0 Å². The van der Waals surface area contributed by atoms with E-state index in [0.29, 0.717) is 16.7 Å². The average molecular weight is 437 g/mol. The smallest absolute Gasteiger partial charge is 0.368 e. The van der Waals surface area contributed by atoms with Crippen LogP contribution in [0.5, 0.6) is 5.88 Å². The summed E-state index contributed by atoms with van der Waals surface area (Å²) in [5.41, 5.74) is 5.43. The zero-order chi connectivity index (χ0) is 22.1. The third-order valence-electron chi connectivity index (χ3n) is 5.04. The zero-order valence-electron chi connectivity index (χ0n) is 17.6. The normalized spacial score (nSPS) is 11.0. The highest BCUT2D eigenvalue weighted by atomic mass is 35.5. The lowest BCUT2D eigenvalue weighted by atomic mass is 10.1. The number of ether oxygens (including phenoxy) is 1. The first-order valence-electron chi connectivity index (χ1n) is 9.67. The van der Waals surface area contributed by atoms with Crippen LogP contribution < -0.4 is 10.4 Å². The number of nitrogens with zero attached hydrogens (tertiary/aromatic N) is 6. The Morgan fingerprint density at radius 2 is 1.77 bits per heavy atom. The quantitative estimate of drug-likeness (QED) is 0.444. The molecule has 4 rings (SSSR count). The average Bonchev–Trinajstić information content (AvgIpc) is 3.07. The molecule has 158 valence electrons. The topological polar surface area (TPSA) is 87.7 Å². The van der Waals surface area contributed by atoms with Gasteiger partial charge in [0.15, 0.2) is 0 Å². The van der Waals surface area contributed by atoms with Gasteiger partial charge in [0.25, 0.3) is 0 Å². The van der Waals surface area contributed by atoms with Crippen molar-refractivity contribution in [1.29, 1.82) is 0 Å². The zero-order valence-corrected chi connectivity index (χ0v) is 18.4. The molecular weight excluding hydrogens is 416 g/mol. The van der Waals surface area contributed by atoms with Crippen molar-refractivity contribution in [2.75, 3.05) is 0 Å². The molecule has 8 nitrogen and oxygen atoms in total. The highest BCUT2D eigenvalue weighted by molar-refractivity contribution is 6.29. The van der Waals surface area contributed by atoms with Gasteiger partial charge in [-0.2, -0.15) is 9.36 Å². The standard InChI is InChI=1S/C22H21ClN6O2/c1-13-7-5-9-19(29-22(30)28(4)26-27-29)17(13)12-31-21-14(2)11-16(15(3)24-21)18-8-6-10-20(23)25-18/h5-11H,12H2,1-4H3. The summed E-state index contributed by atoms with van der Waals surface area (Å²) in [5.74, 6) is 0.518. The molecule has 0 aliphatic rings. The number of hydrogen-bond donors (Lipinski definition) is 0. The molecule has 0 saturated heterocycles. The molecule has 0 radical (unpaired) electrons. The lowest BCUT2D eigenvalue weighted by Crippen LogP contribution is -2.23. The number of aryl methyl sites for hydroxylation is 4. The summed E-state index contributed by atoms with van der Waals surface area (Å²) in [6.45, 7) is 6.03. The molecule has 3 aromatic heterocycles. The van der Waals surface area contributed by atoms with Gasteiger partial charge in [0, 0.05) is 23.7 Å². The molecule has 31 heavy (non-hydrogen) atoms. The Labute approximate surface area is 184 Å². The van der Waals surface area contributed by atoms with Crippen LogP contribution in [0.15, 0.2) is 47.3 Å². The number of hydrogen-bond acceptors (Lipinski definition) is 6. The third-order valence-corrected chi connectivity index (χ3v) is 5.25.